The van der Waals surface area contributed by atoms with E-state index in [1.165, 1.54) is 0 Å². The van der Waals surface area contributed by atoms with Gasteiger partial charge >= 0.3 is 0 Å². The van der Waals surface area contributed by atoms with Crippen LogP contribution in [0.5, 0.6) is 0 Å². The minimum absolute atomic E-state index is 0.156. The Bertz CT molecular complexity index is 391. The summed E-state index contributed by atoms with van der Waals surface area (Å²) in [4.78, 5) is 12.3. The zero-order valence-corrected chi connectivity index (χ0v) is 10.7. The van der Waals surface area contributed by atoms with Crippen molar-refractivity contribution in [1.82, 2.24) is 15.1 Å². The highest BCUT2D eigenvalue weighted by molar-refractivity contribution is 5.85. The number of carbonyl (C=O) groups is 1. The maximum absolute atomic E-state index is 12.3. The third-order valence-electron chi connectivity index (χ3n) is 3.80. The molecule has 0 amide bonds. The smallest absolute Gasteiger partial charge is 0.140 e. The van der Waals surface area contributed by atoms with E-state index in [0.29, 0.717) is 12.2 Å². The zero-order valence-electron chi connectivity index (χ0n) is 10.7. The fourth-order valence-electron chi connectivity index (χ4n) is 2.48. The normalized spacial score (nSPS) is 24.8. The summed E-state index contributed by atoms with van der Waals surface area (Å²) in [6, 6.07) is 1.98. The van der Waals surface area contributed by atoms with Crippen LogP contribution in [0.1, 0.15) is 31.9 Å². The zero-order chi connectivity index (χ0) is 12.3. The van der Waals surface area contributed by atoms with Crippen LogP contribution >= 0.6 is 0 Å². The molecule has 0 saturated carbocycles. The van der Waals surface area contributed by atoms with Crippen molar-refractivity contribution in [3.63, 3.8) is 0 Å². The number of aromatic nitrogens is 2. The molecule has 0 bridgehead atoms. The summed E-state index contributed by atoms with van der Waals surface area (Å²) in [6.07, 6.45) is 5.32. The van der Waals surface area contributed by atoms with Crippen molar-refractivity contribution in [1.29, 1.82) is 0 Å². The number of aryl methyl sites for hydroxylation is 2. The molecule has 1 saturated heterocycles. The first-order valence-corrected chi connectivity index (χ1v) is 6.33. The first-order valence-electron chi connectivity index (χ1n) is 6.33. The van der Waals surface area contributed by atoms with E-state index in [0.717, 1.165) is 38.0 Å². The largest absolute Gasteiger partial charge is 0.316 e. The lowest BCUT2D eigenvalue weighted by Crippen LogP contribution is -2.43. The summed E-state index contributed by atoms with van der Waals surface area (Å²) in [5, 5.41) is 7.44. The van der Waals surface area contributed by atoms with Crippen LogP contribution in [0.15, 0.2) is 12.3 Å². The molecule has 4 nitrogen and oxygen atoms in total. The minimum Gasteiger partial charge on any atom is -0.316 e. The quantitative estimate of drug-likeness (QED) is 0.856. The fraction of sp³-hybridized carbons (Fsp3) is 0.692. The highest BCUT2D eigenvalue weighted by Gasteiger charge is 2.33. The van der Waals surface area contributed by atoms with Crippen LogP contribution in [0.3, 0.4) is 0 Å². The van der Waals surface area contributed by atoms with E-state index in [1.807, 2.05) is 17.8 Å². The van der Waals surface area contributed by atoms with E-state index in [1.54, 1.807) is 6.20 Å². The number of nitrogens with one attached hydrogen (secondary N) is 1. The van der Waals surface area contributed by atoms with E-state index in [4.69, 9.17) is 0 Å². The molecule has 94 valence electrons. The highest BCUT2D eigenvalue weighted by Crippen LogP contribution is 2.28. The second kappa shape index (κ2) is 5.00. The van der Waals surface area contributed by atoms with E-state index in [2.05, 4.69) is 17.3 Å². The Morgan fingerprint density at radius 1 is 1.65 bits per heavy atom. The highest BCUT2D eigenvalue weighted by atomic mass is 16.1. The Morgan fingerprint density at radius 2 is 2.47 bits per heavy atom. The van der Waals surface area contributed by atoms with E-state index in [9.17, 15) is 4.79 Å². The predicted octanol–water partition coefficient (Wildman–Crippen LogP) is 1.31. The molecule has 2 rings (SSSR count). The van der Waals surface area contributed by atoms with Crippen molar-refractivity contribution in [3.8, 4) is 0 Å². The Labute approximate surface area is 102 Å². The number of rotatable bonds is 4. The molecule has 1 fully saturated rings. The van der Waals surface area contributed by atoms with Gasteiger partial charge in [0, 0.05) is 37.3 Å². The average Bonchev–Trinajstić information content (AvgIpc) is 2.73. The molecule has 0 aliphatic carbocycles. The number of carbonyl (C=O) groups excluding carboxylic acids is 1. The molecule has 0 aromatic carbocycles. The van der Waals surface area contributed by atoms with Gasteiger partial charge in [-0.05, 0) is 31.9 Å². The van der Waals surface area contributed by atoms with E-state index in [-0.39, 0.29) is 5.41 Å². The number of hydrogen-bond donors (Lipinski definition) is 1. The van der Waals surface area contributed by atoms with Crippen molar-refractivity contribution in [3.05, 3.63) is 18.0 Å². The molecule has 0 spiro atoms. The van der Waals surface area contributed by atoms with Crippen LogP contribution < -0.4 is 5.32 Å². The molecule has 1 aromatic heterocycles. The minimum atomic E-state index is -0.156. The molecule has 2 heterocycles. The van der Waals surface area contributed by atoms with Gasteiger partial charge in [0.05, 0.1) is 0 Å². The molecule has 1 N–H and O–H groups in total. The molecule has 0 radical (unpaired) electrons. The topological polar surface area (TPSA) is 46.9 Å². The standard InChI is InChI=1S/C13H21N3O/c1-13(7-3-8-14-10-13)12(17)5-4-11-6-9-15-16(11)2/h6,9,14H,3-5,7-8,10H2,1-2H3. The van der Waals surface area contributed by atoms with Gasteiger partial charge in [0.25, 0.3) is 0 Å². The maximum Gasteiger partial charge on any atom is 0.140 e. The Balaban J connectivity index is 1.91. The second-order valence-corrected chi connectivity index (χ2v) is 5.21. The summed E-state index contributed by atoms with van der Waals surface area (Å²) >= 11 is 0. The van der Waals surface area contributed by atoms with Gasteiger partial charge in [0.1, 0.15) is 5.78 Å². The molecule has 1 aromatic rings. The summed E-state index contributed by atoms with van der Waals surface area (Å²) in [5.74, 6) is 0.380. The molecule has 1 atom stereocenters. The van der Waals surface area contributed by atoms with E-state index >= 15 is 0 Å². The van der Waals surface area contributed by atoms with Crippen LogP contribution in [-0.4, -0.2) is 28.7 Å². The van der Waals surface area contributed by atoms with Gasteiger partial charge in [-0.3, -0.25) is 9.48 Å². The Hall–Kier alpha value is -1.16. The number of hydrogen-bond acceptors (Lipinski definition) is 3. The number of ketones is 1. The summed E-state index contributed by atoms with van der Waals surface area (Å²) in [6.45, 7) is 3.96. The predicted molar refractivity (Wildman–Crippen MR) is 66.7 cm³/mol. The van der Waals surface area contributed by atoms with Gasteiger partial charge in [-0.1, -0.05) is 6.92 Å². The van der Waals surface area contributed by atoms with Gasteiger partial charge in [-0.2, -0.15) is 5.10 Å². The van der Waals surface area contributed by atoms with Crippen LogP contribution in [0.25, 0.3) is 0 Å². The van der Waals surface area contributed by atoms with Crippen LogP contribution in [-0.2, 0) is 18.3 Å². The monoisotopic (exact) mass is 235 g/mol. The second-order valence-electron chi connectivity index (χ2n) is 5.21. The molecular weight excluding hydrogens is 214 g/mol. The van der Waals surface area contributed by atoms with Crippen molar-refractivity contribution < 1.29 is 4.79 Å². The molecular formula is C13H21N3O. The van der Waals surface area contributed by atoms with Crippen molar-refractivity contribution >= 4 is 5.78 Å². The lowest BCUT2D eigenvalue weighted by Gasteiger charge is -2.32. The number of piperidine rings is 1. The van der Waals surface area contributed by atoms with Crippen molar-refractivity contribution in [2.75, 3.05) is 13.1 Å². The first kappa shape index (κ1) is 12.3. The average molecular weight is 235 g/mol. The Kier molecular flexibility index (Phi) is 3.62. The maximum atomic E-state index is 12.3. The number of nitrogens with zero attached hydrogens (tertiary/aromatic N) is 2. The number of Topliss-reactive ketones (excluding diaryl/α,β-unsaturated/α-hetero) is 1. The molecule has 1 aliphatic heterocycles. The van der Waals surface area contributed by atoms with Crippen LogP contribution in [0, 0.1) is 5.41 Å². The third-order valence-corrected chi connectivity index (χ3v) is 3.80. The van der Waals surface area contributed by atoms with Crippen molar-refractivity contribution in [2.24, 2.45) is 12.5 Å². The van der Waals surface area contributed by atoms with Crippen LogP contribution in [0.4, 0.5) is 0 Å². The molecule has 1 unspecified atom stereocenters. The van der Waals surface area contributed by atoms with Gasteiger partial charge < -0.3 is 5.32 Å². The van der Waals surface area contributed by atoms with E-state index < -0.39 is 0 Å². The van der Waals surface area contributed by atoms with Gasteiger partial charge in [-0.15, -0.1) is 0 Å². The first-order chi connectivity index (χ1) is 8.12. The van der Waals surface area contributed by atoms with Gasteiger partial charge in [0.2, 0.25) is 0 Å². The third kappa shape index (κ3) is 2.75. The Morgan fingerprint density at radius 3 is 3.06 bits per heavy atom. The summed E-state index contributed by atoms with van der Waals surface area (Å²) < 4.78 is 1.84. The summed E-state index contributed by atoms with van der Waals surface area (Å²) in [5.41, 5.74) is 0.974. The molecule has 4 heteroatoms. The van der Waals surface area contributed by atoms with Gasteiger partial charge in [-0.25, -0.2) is 0 Å². The molecule has 17 heavy (non-hydrogen) atoms. The van der Waals surface area contributed by atoms with Crippen LogP contribution in [0.2, 0.25) is 0 Å². The lowest BCUT2D eigenvalue weighted by atomic mass is 9.77. The van der Waals surface area contributed by atoms with Crippen molar-refractivity contribution in [2.45, 2.75) is 32.6 Å². The fourth-order valence-corrected chi connectivity index (χ4v) is 2.48. The molecule has 1 aliphatic rings. The summed E-state index contributed by atoms with van der Waals surface area (Å²) in [7, 11) is 1.92. The SMILES string of the molecule is Cn1nccc1CCC(=O)C1(C)CCCNC1. The van der Waals surface area contributed by atoms with Gasteiger partial charge in [0.15, 0.2) is 0 Å². The lowest BCUT2D eigenvalue weighted by molar-refractivity contribution is -0.128.